The summed E-state index contributed by atoms with van der Waals surface area (Å²) in [4.78, 5) is 36.4. The van der Waals surface area contributed by atoms with Gasteiger partial charge in [0.2, 0.25) is 5.95 Å². The predicted octanol–water partition coefficient (Wildman–Crippen LogP) is 5.57. The molecule has 1 aromatic heterocycles. The number of aromatic nitrogens is 2. The van der Waals surface area contributed by atoms with E-state index in [0.29, 0.717) is 46.2 Å². The van der Waals surface area contributed by atoms with Gasteiger partial charge in [-0.15, -0.1) is 0 Å². The van der Waals surface area contributed by atoms with Gasteiger partial charge in [-0.3, -0.25) is 4.79 Å². The lowest BCUT2D eigenvalue weighted by Crippen LogP contribution is -2.45. The zero-order chi connectivity index (χ0) is 27.4. The molecule has 0 unspecified atom stereocenters. The van der Waals surface area contributed by atoms with Crippen LogP contribution in [0.1, 0.15) is 80.8 Å². The smallest absolute Gasteiger partial charge is 0.251 e. The van der Waals surface area contributed by atoms with Crippen molar-refractivity contribution in [3.63, 3.8) is 0 Å². The van der Waals surface area contributed by atoms with E-state index in [4.69, 9.17) is 21.3 Å². The Morgan fingerprint density at radius 3 is 2.51 bits per heavy atom. The molecule has 5 rings (SSSR count). The van der Waals surface area contributed by atoms with Crippen LogP contribution in [0.3, 0.4) is 0 Å². The molecule has 8 nitrogen and oxygen atoms in total. The largest absolute Gasteiger partial charge is 0.495 e. The van der Waals surface area contributed by atoms with Gasteiger partial charge in [0.25, 0.3) is 5.91 Å². The minimum Gasteiger partial charge on any atom is -0.495 e. The lowest BCUT2D eigenvalue weighted by Gasteiger charge is -2.32. The SMILES string of the molecule is COc1cc(C(=O)NC2CCN(C3CC3)CC2)ccc1Nc1ncc(Cl)c(C[C@@H]2CCCC[C@H]2CC(C)=O)n1. The first-order valence-corrected chi connectivity index (χ1v) is 14.8. The van der Waals surface area contributed by atoms with Gasteiger partial charge in [-0.2, -0.15) is 0 Å². The summed E-state index contributed by atoms with van der Waals surface area (Å²) in [5, 5.41) is 6.98. The van der Waals surface area contributed by atoms with Gasteiger partial charge in [0.1, 0.15) is 11.5 Å². The summed E-state index contributed by atoms with van der Waals surface area (Å²) in [5.74, 6) is 1.89. The number of likely N-dealkylation sites (tertiary alicyclic amines) is 1. The molecule has 1 aromatic carbocycles. The zero-order valence-electron chi connectivity index (χ0n) is 23.0. The summed E-state index contributed by atoms with van der Waals surface area (Å²) in [6.45, 7) is 3.79. The molecule has 0 spiro atoms. The number of methoxy groups -OCH3 is 1. The van der Waals surface area contributed by atoms with E-state index in [1.54, 1.807) is 32.4 Å². The van der Waals surface area contributed by atoms with Gasteiger partial charge in [0.05, 0.1) is 29.7 Å². The van der Waals surface area contributed by atoms with Gasteiger partial charge in [-0.05, 0) is 81.9 Å². The summed E-state index contributed by atoms with van der Waals surface area (Å²) >= 11 is 6.50. The fourth-order valence-corrected chi connectivity index (χ4v) is 6.39. The van der Waals surface area contributed by atoms with E-state index in [1.165, 1.54) is 25.7 Å². The third-order valence-electron chi connectivity index (χ3n) is 8.53. The molecule has 2 aromatic rings. The van der Waals surface area contributed by atoms with Crippen molar-refractivity contribution in [2.24, 2.45) is 11.8 Å². The zero-order valence-corrected chi connectivity index (χ0v) is 23.8. The van der Waals surface area contributed by atoms with Crippen molar-refractivity contribution in [1.82, 2.24) is 20.2 Å². The van der Waals surface area contributed by atoms with E-state index in [9.17, 15) is 9.59 Å². The summed E-state index contributed by atoms with van der Waals surface area (Å²) in [6.07, 6.45) is 12.1. The summed E-state index contributed by atoms with van der Waals surface area (Å²) in [5.41, 5.74) is 2.03. The van der Waals surface area contributed by atoms with E-state index in [-0.39, 0.29) is 17.7 Å². The molecule has 1 aliphatic heterocycles. The van der Waals surface area contributed by atoms with Crippen LogP contribution in [0, 0.1) is 11.8 Å². The second kappa shape index (κ2) is 12.6. The highest BCUT2D eigenvalue weighted by Gasteiger charge is 2.32. The average Bonchev–Trinajstić information content (AvgIpc) is 3.78. The Morgan fingerprint density at radius 1 is 1.08 bits per heavy atom. The van der Waals surface area contributed by atoms with Crippen molar-refractivity contribution in [2.45, 2.75) is 83.2 Å². The highest BCUT2D eigenvalue weighted by Crippen LogP contribution is 2.36. The number of Topliss-reactive ketones (excluding diaryl/α,β-unsaturated/α-hetero) is 1. The Morgan fingerprint density at radius 2 is 1.82 bits per heavy atom. The summed E-state index contributed by atoms with van der Waals surface area (Å²) in [7, 11) is 1.59. The number of ether oxygens (including phenoxy) is 1. The minimum absolute atomic E-state index is 0.0812. The molecule has 2 N–H and O–H groups in total. The molecule has 9 heteroatoms. The number of hydrogen-bond acceptors (Lipinski definition) is 7. The Balaban J connectivity index is 1.23. The molecule has 1 saturated heterocycles. The standard InChI is InChI=1S/C30H40ClN5O3/c1-19(37)15-20-5-3-4-6-21(20)16-27-25(31)18-32-30(35-27)34-26-10-7-22(17-28(26)39-2)29(38)33-23-11-13-36(14-12-23)24-8-9-24/h7,10,17-18,20-21,23-24H,3-6,8-9,11-16H2,1-2H3,(H,33,38)(H,32,34,35)/t20-,21-/m0/s1. The number of nitrogens with zero attached hydrogens (tertiary/aromatic N) is 3. The van der Waals surface area contributed by atoms with Crippen LogP contribution >= 0.6 is 11.6 Å². The van der Waals surface area contributed by atoms with E-state index >= 15 is 0 Å². The van der Waals surface area contributed by atoms with Crippen molar-refractivity contribution >= 4 is 34.9 Å². The molecule has 210 valence electrons. The number of carbonyl (C=O) groups excluding carboxylic acids is 2. The first-order chi connectivity index (χ1) is 18.9. The van der Waals surface area contributed by atoms with Gasteiger partial charge in [0, 0.05) is 37.2 Å². The van der Waals surface area contributed by atoms with Crippen LogP contribution in [0.15, 0.2) is 24.4 Å². The highest BCUT2D eigenvalue weighted by molar-refractivity contribution is 6.31. The van der Waals surface area contributed by atoms with E-state index in [1.807, 2.05) is 6.07 Å². The van der Waals surface area contributed by atoms with Crippen LogP contribution in [-0.4, -0.2) is 58.8 Å². The normalized spacial score (nSPS) is 22.3. The summed E-state index contributed by atoms with van der Waals surface area (Å²) < 4.78 is 5.61. The Hall–Kier alpha value is -2.71. The summed E-state index contributed by atoms with van der Waals surface area (Å²) in [6, 6.07) is 6.36. The molecule has 2 aliphatic carbocycles. The fourth-order valence-electron chi connectivity index (χ4n) is 6.22. The number of halogens is 1. The number of hydrogen-bond donors (Lipinski definition) is 2. The molecule has 0 bridgehead atoms. The van der Waals surface area contributed by atoms with Gasteiger partial charge < -0.3 is 25.1 Å². The molecule has 39 heavy (non-hydrogen) atoms. The van der Waals surface area contributed by atoms with E-state index < -0.39 is 0 Å². The van der Waals surface area contributed by atoms with Crippen LogP contribution in [0.4, 0.5) is 11.6 Å². The number of ketones is 1. The molecule has 2 saturated carbocycles. The minimum atomic E-state index is -0.0812. The lowest BCUT2D eigenvalue weighted by atomic mass is 9.75. The molecule has 2 atom stereocenters. The molecule has 3 aliphatic rings. The molecular formula is C30H40ClN5O3. The highest BCUT2D eigenvalue weighted by atomic mass is 35.5. The van der Waals surface area contributed by atoms with Crippen LogP contribution in [0.2, 0.25) is 5.02 Å². The Labute approximate surface area is 236 Å². The number of nitrogens with one attached hydrogen (secondary N) is 2. The molecule has 3 fully saturated rings. The number of piperidine rings is 1. The first kappa shape index (κ1) is 27.8. The van der Waals surface area contributed by atoms with Crippen molar-refractivity contribution in [2.75, 3.05) is 25.5 Å². The number of amides is 1. The number of benzene rings is 1. The van der Waals surface area contributed by atoms with E-state index in [2.05, 4.69) is 20.5 Å². The van der Waals surface area contributed by atoms with Crippen molar-refractivity contribution in [1.29, 1.82) is 0 Å². The first-order valence-electron chi connectivity index (χ1n) is 14.4. The maximum absolute atomic E-state index is 13.0. The second-order valence-corrected chi connectivity index (χ2v) is 11.9. The molecular weight excluding hydrogens is 514 g/mol. The third kappa shape index (κ3) is 7.28. The van der Waals surface area contributed by atoms with Gasteiger partial charge in [-0.1, -0.05) is 24.4 Å². The van der Waals surface area contributed by atoms with Crippen LogP contribution in [-0.2, 0) is 11.2 Å². The quantitative estimate of drug-likeness (QED) is 0.397. The fraction of sp³-hybridized carbons (Fsp3) is 0.600. The number of anilines is 2. The van der Waals surface area contributed by atoms with Gasteiger partial charge in [-0.25, -0.2) is 9.97 Å². The second-order valence-electron chi connectivity index (χ2n) is 11.5. The maximum Gasteiger partial charge on any atom is 0.251 e. The Kier molecular flexibility index (Phi) is 9.03. The van der Waals surface area contributed by atoms with Crippen LogP contribution < -0.4 is 15.4 Å². The van der Waals surface area contributed by atoms with Crippen molar-refractivity contribution < 1.29 is 14.3 Å². The van der Waals surface area contributed by atoms with Crippen molar-refractivity contribution in [3.8, 4) is 5.75 Å². The van der Waals surface area contributed by atoms with Crippen molar-refractivity contribution in [3.05, 3.63) is 40.7 Å². The van der Waals surface area contributed by atoms with Crippen LogP contribution in [0.25, 0.3) is 0 Å². The average molecular weight is 554 g/mol. The maximum atomic E-state index is 13.0. The Bertz CT molecular complexity index is 1180. The van der Waals surface area contributed by atoms with E-state index in [0.717, 1.165) is 56.9 Å². The number of rotatable bonds is 10. The van der Waals surface area contributed by atoms with Gasteiger partial charge in [0.15, 0.2) is 0 Å². The monoisotopic (exact) mass is 553 g/mol. The van der Waals surface area contributed by atoms with Crippen LogP contribution in [0.5, 0.6) is 5.75 Å². The third-order valence-corrected chi connectivity index (χ3v) is 8.84. The molecule has 2 heterocycles. The number of carbonyl (C=O) groups is 2. The van der Waals surface area contributed by atoms with Gasteiger partial charge >= 0.3 is 0 Å². The topological polar surface area (TPSA) is 96.5 Å². The molecule has 1 amide bonds. The molecule has 0 radical (unpaired) electrons. The predicted molar refractivity (Wildman–Crippen MR) is 153 cm³/mol. The lowest BCUT2D eigenvalue weighted by molar-refractivity contribution is -0.118.